The maximum Gasteiger partial charge on any atom is 0.319 e. The lowest BCUT2D eigenvalue weighted by Crippen LogP contribution is -2.42. The second-order valence-corrected chi connectivity index (χ2v) is 3.90. The average Bonchev–Trinajstić information content (AvgIpc) is 2.29. The van der Waals surface area contributed by atoms with Gasteiger partial charge in [-0.3, -0.25) is 14.5 Å². The molecule has 92 valence electrons. The van der Waals surface area contributed by atoms with Crippen molar-refractivity contribution in [3.8, 4) is 0 Å². The molecule has 1 fully saturated rings. The third-order valence-electron chi connectivity index (χ3n) is 2.71. The van der Waals surface area contributed by atoms with Gasteiger partial charge in [-0.05, 0) is 26.3 Å². The van der Waals surface area contributed by atoms with E-state index in [9.17, 15) is 9.59 Å². The summed E-state index contributed by atoms with van der Waals surface area (Å²) in [5, 5.41) is 0. The summed E-state index contributed by atoms with van der Waals surface area (Å²) in [6.45, 7) is 3.89. The molecule has 0 aromatic heterocycles. The zero-order chi connectivity index (χ0) is 12.0. The Balaban J connectivity index is 2.40. The van der Waals surface area contributed by atoms with Crippen LogP contribution in [-0.4, -0.2) is 50.2 Å². The molecule has 1 saturated heterocycles. The number of nitrogens with zero attached hydrogens (tertiary/aromatic N) is 1. The number of esters is 2. The Morgan fingerprint density at radius 1 is 1.44 bits per heavy atom. The van der Waals surface area contributed by atoms with Gasteiger partial charge in [0.2, 0.25) is 0 Å². The van der Waals surface area contributed by atoms with E-state index in [-0.39, 0.29) is 24.4 Å². The molecule has 1 atom stereocenters. The highest BCUT2D eigenvalue weighted by Crippen LogP contribution is 2.17. The molecule has 1 heterocycles. The van der Waals surface area contributed by atoms with Crippen LogP contribution in [0, 0.1) is 5.92 Å². The minimum Gasteiger partial charge on any atom is -0.468 e. The lowest BCUT2D eigenvalue weighted by molar-refractivity contribution is -0.151. The van der Waals surface area contributed by atoms with Crippen molar-refractivity contribution in [2.45, 2.75) is 19.8 Å². The fourth-order valence-corrected chi connectivity index (χ4v) is 1.90. The van der Waals surface area contributed by atoms with Crippen molar-refractivity contribution in [1.82, 2.24) is 4.90 Å². The van der Waals surface area contributed by atoms with Crippen LogP contribution in [0.15, 0.2) is 0 Å². The van der Waals surface area contributed by atoms with Gasteiger partial charge in [-0.25, -0.2) is 0 Å². The van der Waals surface area contributed by atoms with E-state index >= 15 is 0 Å². The van der Waals surface area contributed by atoms with E-state index < -0.39 is 0 Å². The summed E-state index contributed by atoms with van der Waals surface area (Å²) >= 11 is 0. The van der Waals surface area contributed by atoms with E-state index in [0.717, 1.165) is 19.4 Å². The molecule has 5 heteroatoms. The maximum absolute atomic E-state index is 11.5. The number of hydrogen-bond acceptors (Lipinski definition) is 5. The first-order valence-electron chi connectivity index (χ1n) is 5.63. The third kappa shape index (κ3) is 3.81. The number of rotatable bonds is 4. The molecule has 0 bridgehead atoms. The molecule has 0 saturated carbocycles. The van der Waals surface area contributed by atoms with Gasteiger partial charge in [0.05, 0.1) is 26.2 Å². The Hall–Kier alpha value is -1.10. The highest BCUT2D eigenvalue weighted by molar-refractivity contribution is 5.73. The summed E-state index contributed by atoms with van der Waals surface area (Å²) in [5.74, 6) is -0.514. The molecule has 0 N–H and O–H groups in total. The van der Waals surface area contributed by atoms with E-state index in [4.69, 9.17) is 4.74 Å². The van der Waals surface area contributed by atoms with E-state index in [1.54, 1.807) is 6.92 Å². The Morgan fingerprint density at radius 3 is 2.81 bits per heavy atom. The zero-order valence-electron chi connectivity index (χ0n) is 9.90. The Bertz CT molecular complexity index is 254. The standard InChI is InChI=1S/C11H19NO4/c1-3-16-11(14)9-5-4-6-12(7-9)8-10(13)15-2/h9H,3-8H2,1-2H3/t9-/m0/s1. The van der Waals surface area contributed by atoms with Gasteiger partial charge < -0.3 is 9.47 Å². The van der Waals surface area contributed by atoms with Gasteiger partial charge in [-0.1, -0.05) is 0 Å². The number of hydrogen-bond donors (Lipinski definition) is 0. The maximum atomic E-state index is 11.5. The smallest absolute Gasteiger partial charge is 0.319 e. The van der Waals surface area contributed by atoms with E-state index in [0.29, 0.717) is 13.2 Å². The number of carbonyl (C=O) groups is 2. The highest BCUT2D eigenvalue weighted by Gasteiger charge is 2.27. The quantitative estimate of drug-likeness (QED) is 0.654. The van der Waals surface area contributed by atoms with Crippen molar-refractivity contribution < 1.29 is 19.1 Å². The van der Waals surface area contributed by atoms with Gasteiger partial charge in [-0.15, -0.1) is 0 Å². The SMILES string of the molecule is CCOC(=O)[C@H]1CCCN(CC(=O)OC)C1. The van der Waals surface area contributed by atoms with Gasteiger partial charge in [-0.2, -0.15) is 0 Å². The van der Waals surface area contributed by atoms with Crippen molar-refractivity contribution in [3.63, 3.8) is 0 Å². The first-order chi connectivity index (χ1) is 7.67. The minimum atomic E-state index is -0.260. The number of piperidine rings is 1. The fourth-order valence-electron chi connectivity index (χ4n) is 1.90. The molecule has 0 amide bonds. The van der Waals surface area contributed by atoms with Crippen LogP contribution in [0.3, 0.4) is 0 Å². The molecular formula is C11H19NO4. The molecule has 0 unspecified atom stereocenters. The molecule has 16 heavy (non-hydrogen) atoms. The van der Waals surface area contributed by atoms with Crippen LogP contribution < -0.4 is 0 Å². The summed E-state index contributed by atoms with van der Waals surface area (Å²) in [4.78, 5) is 24.6. The predicted octanol–water partition coefficient (Wildman–Crippen LogP) is 0.434. The lowest BCUT2D eigenvalue weighted by atomic mass is 9.98. The van der Waals surface area contributed by atoms with E-state index in [1.807, 2.05) is 4.90 Å². The third-order valence-corrected chi connectivity index (χ3v) is 2.71. The Morgan fingerprint density at radius 2 is 2.19 bits per heavy atom. The molecular weight excluding hydrogens is 210 g/mol. The number of likely N-dealkylation sites (tertiary alicyclic amines) is 1. The van der Waals surface area contributed by atoms with Gasteiger partial charge in [0, 0.05) is 6.54 Å². The van der Waals surface area contributed by atoms with Crippen LogP contribution >= 0.6 is 0 Å². The van der Waals surface area contributed by atoms with Crippen molar-refractivity contribution in [1.29, 1.82) is 0 Å². The zero-order valence-corrected chi connectivity index (χ0v) is 9.90. The molecule has 0 aliphatic carbocycles. The van der Waals surface area contributed by atoms with Crippen molar-refractivity contribution in [2.75, 3.05) is 33.4 Å². The van der Waals surface area contributed by atoms with Crippen molar-refractivity contribution in [3.05, 3.63) is 0 Å². The molecule has 1 rings (SSSR count). The van der Waals surface area contributed by atoms with Crippen LogP contribution in [-0.2, 0) is 19.1 Å². The Kier molecular flexibility index (Phi) is 5.25. The molecule has 0 aromatic rings. The molecule has 1 aliphatic rings. The lowest BCUT2D eigenvalue weighted by Gasteiger charge is -2.30. The average molecular weight is 229 g/mol. The summed E-state index contributed by atoms with van der Waals surface area (Å²) in [6.07, 6.45) is 1.76. The Labute approximate surface area is 95.7 Å². The summed E-state index contributed by atoms with van der Waals surface area (Å²) in [5.41, 5.74) is 0. The van der Waals surface area contributed by atoms with E-state index in [2.05, 4.69) is 4.74 Å². The largest absolute Gasteiger partial charge is 0.468 e. The van der Waals surface area contributed by atoms with Crippen molar-refractivity contribution >= 4 is 11.9 Å². The van der Waals surface area contributed by atoms with Gasteiger partial charge in [0.25, 0.3) is 0 Å². The molecule has 5 nitrogen and oxygen atoms in total. The van der Waals surface area contributed by atoms with Crippen LogP contribution in [0.2, 0.25) is 0 Å². The van der Waals surface area contributed by atoms with Crippen molar-refractivity contribution in [2.24, 2.45) is 5.92 Å². The predicted molar refractivity (Wildman–Crippen MR) is 57.8 cm³/mol. The first-order valence-corrected chi connectivity index (χ1v) is 5.63. The molecule has 0 radical (unpaired) electrons. The number of carbonyl (C=O) groups excluding carboxylic acids is 2. The monoisotopic (exact) mass is 229 g/mol. The number of ether oxygens (including phenoxy) is 2. The topological polar surface area (TPSA) is 55.8 Å². The van der Waals surface area contributed by atoms with Crippen LogP contribution in [0.5, 0.6) is 0 Å². The second kappa shape index (κ2) is 6.48. The molecule has 0 aromatic carbocycles. The minimum absolute atomic E-state index is 0.0987. The van der Waals surface area contributed by atoms with Gasteiger partial charge in [0.15, 0.2) is 0 Å². The summed E-state index contributed by atoms with van der Waals surface area (Å²) in [6, 6.07) is 0. The second-order valence-electron chi connectivity index (χ2n) is 3.90. The first kappa shape index (κ1) is 13.0. The highest BCUT2D eigenvalue weighted by atomic mass is 16.5. The molecule has 0 spiro atoms. The molecule has 1 aliphatic heterocycles. The van der Waals surface area contributed by atoms with Gasteiger partial charge >= 0.3 is 11.9 Å². The fraction of sp³-hybridized carbons (Fsp3) is 0.818. The number of methoxy groups -OCH3 is 1. The van der Waals surface area contributed by atoms with Crippen LogP contribution in [0.25, 0.3) is 0 Å². The normalized spacial score (nSPS) is 21.5. The van der Waals surface area contributed by atoms with E-state index in [1.165, 1.54) is 7.11 Å². The summed E-state index contributed by atoms with van der Waals surface area (Å²) < 4.78 is 9.58. The van der Waals surface area contributed by atoms with Gasteiger partial charge in [0.1, 0.15) is 0 Å². The van der Waals surface area contributed by atoms with Crippen LogP contribution in [0.1, 0.15) is 19.8 Å². The van der Waals surface area contributed by atoms with Crippen LogP contribution in [0.4, 0.5) is 0 Å². The summed E-state index contributed by atoms with van der Waals surface area (Å²) in [7, 11) is 1.37.